The fraction of sp³-hybridized carbons (Fsp3) is 0.385. The van der Waals surface area contributed by atoms with Crippen LogP contribution in [-0.4, -0.2) is 47.1 Å². The SMILES string of the molecule is Cc1cc(C(=O)NC(=S)N2CCOCC2)ccc1[N+](=O)[O-]. The Morgan fingerprint density at radius 2 is 2.10 bits per heavy atom. The highest BCUT2D eigenvalue weighted by atomic mass is 32.1. The molecule has 0 aromatic heterocycles. The minimum Gasteiger partial charge on any atom is -0.378 e. The minimum atomic E-state index is -0.477. The van der Waals surface area contributed by atoms with Gasteiger partial charge in [-0.05, 0) is 31.3 Å². The van der Waals surface area contributed by atoms with E-state index in [0.717, 1.165) is 0 Å². The van der Waals surface area contributed by atoms with Gasteiger partial charge >= 0.3 is 0 Å². The monoisotopic (exact) mass is 309 g/mol. The molecule has 1 aliphatic heterocycles. The second-order valence-electron chi connectivity index (χ2n) is 4.62. The molecule has 1 heterocycles. The molecule has 1 saturated heterocycles. The van der Waals surface area contributed by atoms with Crippen LogP contribution in [0, 0.1) is 17.0 Å². The van der Waals surface area contributed by atoms with E-state index in [1.54, 1.807) is 6.92 Å². The summed E-state index contributed by atoms with van der Waals surface area (Å²) in [6, 6.07) is 4.22. The summed E-state index contributed by atoms with van der Waals surface area (Å²) >= 11 is 5.18. The van der Waals surface area contributed by atoms with E-state index in [4.69, 9.17) is 17.0 Å². The molecule has 0 aliphatic carbocycles. The van der Waals surface area contributed by atoms with Gasteiger partial charge in [-0.15, -0.1) is 0 Å². The molecule has 1 N–H and O–H groups in total. The quantitative estimate of drug-likeness (QED) is 0.503. The van der Waals surface area contributed by atoms with Gasteiger partial charge < -0.3 is 9.64 Å². The summed E-state index contributed by atoms with van der Waals surface area (Å²) in [5, 5.41) is 13.7. The van der Waals surface area contributed by atoms with Crippen LogP contribution in [0.2, 0.25) is 0 Å². The Morgan fingerprint density at radius 3 is 2.67 bits per heavy atom. The van der Waals surface area contributed by atoms with Gasteiger partial charge in [0.2, 0.25) is 0 Å². The number of thiocarbonyl (C=S) groups is 1. The van der Waals surface area contributed by atoms with E-state index in [9.17, 15) is 14.9 Å². The summed E-state index contributed by atoms with van der Waals surface area (Å²) in [5.74, 6) is -0.371. The summed E-state index contributed by atoms with van der Waals surface area (Å²) in [5.41, 5.74) is 0.765. The Bertz CT molecular complexity index is 585. The summed E-state index contributed by atoms with van der Waals surface area (Å²) < 4.78 is 5.21. The third kappa shape index (κ3) is 3.73. The van der Waals surface area contributed by atoms with Crippen LogP contribution in [0.3, 0.4) is 0 Å². The number of nitro benzene ring substituents is 1. The Balaban J connectivity index is 2.04. The van der Waals surface area contributed by atoms with Gasteiger partial charge in [0.05, 0.1) is 18.1 Å². The number of rotatable bonds is 2. The van der Waals surface area contributed by atoms with E-state index in [1.165, 1.54) is 18.2 Å². The number of morpholine rings is 1. The summed E-state index contributed by atoms with van der Waals surface area (Å²) in [4.78, 5) is 24.2. The molecule has 2 rings (SSSR count). The van der Waals surface area contributed by atoms with Crippen molar-refractivity contribution in [3.8, 4) is 0 Å². The predicted molar refractivity (Wildman–Crippen MR) is 80.3 cm³/mol. The van der Waals surface area contributed by atoms with Gasteiger partial charge in [-0.2, -0.15) is 0 Å². The van der Waals surface area contributed by atoms with E-state index in [1.807, 2.05) is 4.90 Å². The van der Waals surface area contributed by atoms with E-state index >= 15 is 0 Å². The Labute approximate surface area is 127 Å². The lowest BCUT2D eigenvalue weighted by Crippen LogP contribution is -2.47. The number of amides is 1. The molecule has 0 atom stereocenters. The fourth-order valence-corrected chi connectivity index (χ4v) is 2.29. The summed E-state index contributed by atoms with van der Waals surface area (Å²) in [7, 11) is 0. The third-order valence-electron chi connectivity index (χ3n) is 3.17. The van der Waals surface area contributed by atoms with Gasteiger partial charge in [-0.3, -0.25) is 20.2 Å². The van der Waals surface area contributed by atoms with Crippen LogP contribution in [-0.2, 0) is 4.74 Å². The minimum absolute atomic E-state index is 0.0118. The molecule has 7 nitrogen and oxygen atoms in total. The molecule has 1 aliphatic rings. The first-order valence-corrected chi connectivity index (χ1v) is 6.83. The van der Waals surface area contributed by atoms with Gasteiger partial charge in [-0.25, -0.2) is 0 Å². The van der Waals surface area contributed by atoms with Gasteiger partial charge in [0, 0.05) is 30.3 Å². The molecule has 21 heavy (non-hydrogen) atoms. The van der Waals surface area contributed by atoms with E-state index in [2.05, 4.69) is 5.32 Å². The largest absolute Gasteiger partial charge is 0.378 e. The van der Waals surface area contributed by atoms with Crippen molar-refractivity contribution in [3.63, 3.8) is 0 Å². The zero-order valence-electron chi connectivity index (χ0n) is 11.5. The molecule has 1 fully saturated rings. The molecule has 0 bridgehead atoms. The topological polar surface area (TPSA) is 84.7 Å². The van der Waals surface area contributed by atoms with Gasteiger partial charge in [0.25, 0.3) is 11.6 Å². The van der Waals surface area contributed by atoms with E-state index in [0.29, 0.717) is 42.5 Å². The van der Waals surface area contributed by atoms with Crippen LogP contribution in [0.5, 0.6) is 0 Å². The number of benzene rings is 1. The van der Waals surface area contributed by atoms with Crippen molar-refractivity contribution in [2.75, 3.05) is 26.3 Å². The van der Waals surface area contributed by atoms with Crippen molar-refractivity contribution in [1.29, 1.82) is 0 Å². The first kappa shape index (κ1) is 15.3. The number of nitrogens with one attached hydrogen (secondary N) is 1. The molecule has 0 unspecified atom stereocenters. The average molecular weight is 309 g/mol. The first-order chi connectivity index (χ1) is 9.99. The molecule has 1 aromatic rings. The average Bonchev–Trinajstić information content (AvgIpc) is 2.47. The van der Waals surface area contributed by atoms with Gasteiger partial charge in [0.15, 0.2) is 5.11 Å². The van der Waals surface area contributed by atoms with Crippen molar-refractivity contribution >= 4 is 28.9 Å². The lowest BCUT2D eigenvalue weighted by molar-refractivity contribution is -0.385. The molecule has 0 saturated carbocycles. The Kier molecular flexibility index (Phi) is 4.81. The molecular formula is C13H15N3O4S. The third-order valence-corrected chi connectivity index (χ3v) is 3.53. The zero-order chi connectivity index (χ0) is 15.4. The number of carbonyl (C=O) groups excluding carboxylic acids is 1. The zero-order valence-corrected chi connectivity index (χ0v) is 12.3. The fourth-order valence-electron chi connectivity index (χ4n) is 2.02. The van der Waals surface area contributed by atoms with Crippen LogP contribution in [0.4, 0.5) is 5.69 Å². The molecule has 0 radical (unpaired) electrons. The van der Waals surface area contributed by atoms with Crippen molar-refractivity contribution in [2.45, 2.75) is 6.92 Å². The van der Waals surface area contributed by atoms with Gasteiger partial charge in [0.1, 0.15) is 0 Å². The normalized spacial score (nSPS) is 14.6. The molecule has 0 spiro atoms. The highest BCUT2D eigenvalue weighted by Crippen LogP contribution is 2.18. The molecule has 112 valence electrons. The van der Waals surface area contributed by atoms with Crippen molar-refractivity contribution < 1.29 is 14.5 Å². The lowest BCUT2D eigenvalue weighted by atomic mass is 10.1. The standard InChI is InChI=1S/C13H15N3O4S/c1-9-8-10(2-3-11(9)16(18)19)12(17)14-13(21)15-4-6-20-7-5-15/h2-3,8H,4-7H2,1H3,(H,14,17,21). The maximum absolute atomic E-state index is 12.1. The smallest absolute Gasteiger partial charge is 0.272 e. The summed E-state index contributed by atoms with van der Waals surface area (Å²) in [6.45, 7) is 4.02. The maximum Gasteiger partial charge on any atom is 0.272 e. The summed E-state index contributed by atoms with van der Waals surface area (Å²) in [6.07, 6.45) is 0. The number of ether oxygens (including phenoxy) is 1. The maximum atomic E-state index is 12.1. The van der Waals surface area contributed by atoms with Gasteiger partial charge in [-0.1, -0.05) is 0 Å². The van der Waals surface area contributed by atoms with E-state index < -0.39 is 4.92 Å². The molecular weight excluding hydrogens is 294 g/mol. The number of aryl methyl sites for hydroxylation is 1. The Morgan fingerprint density at radius 1 is 1.43 bits per heavy atom. The van der Waals surface area contributed by atoms with Crippen molar-refractivity contribution in [2.24, 2.45) is 0 Å². The number of carbonyl (C=O) groups is 1. The number of hydrogen-bond donors (Lipinski definition) is 1. The number of nitro groups is 1. The van der Waals surface area contributed by atoms with Crippen LogP contribution in [0.1, 0.15) is 15.9 Å². The van der Waals surface area contributed by atoms with Crippen LogP contribution >= 0.6 is 12.2 Å². The second-order valence-corrected chi connectivity index (χ2v) is 5.00. The lowest BCUT2D eigenvalue weighted by Gasteiger charge is -2.28. The molecule has 8 heteroatoms. The van der Waals surface area contributed by atoms with Crippen LogP contribution in [0.25, 0.3) is 0 Å². The first-order valence-electron chi connectivity index (χ1n) is 6.42. The van der Waals surface area contributed by atoms with Crippen molar-refractivity contribution in [3.05, 3.63) is 39.4 Å². The highest BCUT2D eigenvalue weighted by molar-refractivity contribution is 7.80. The molecule has 1 aromatic carbocycles. The number of nitrogens with zero attached hydrogens (tertiary/aromatic N) is 2. The van der Waals surface area contributed by atoms with Crippen LogP contribution < -0.4 is 5.32 Å². The highest BCUT2D eigenvalue weighted by Gasteiger charge is 2.18. The van der Waals surface area contributed by atoms with Crippen molar-refractivity contribution in [1.82, 2.24) is 10.2 Å². The Hall–Kier alpha value is -2.06. The second kappa shape index (κ2) is 6.59. The molecule has 1 amide bonds. The van der Waals surface area contributed by atoms with Crippen LogP contribution in [0.15, 0.2) is 18.2 Å². The number of hydrogen-bond acceptors (Lipinski definition) is 5. The van der Waals surface area contributed by atoms with E-state index in [-0.39, 0.29) is 11.6 Å². The predicted octanol–water partition coefficient (Wildman–Crippen LogP) is 1.25.